The van der Waals surface area contributed by atoms with Crippen molar-refractivity contribution in [2.24, 2.45) is 0 Å². The summed E-state index contributed by atoms with van der Waals surface area (Å²) in [6.45, 7) is 2.24. The van der Waals surface area contributed by atoms with Gasteiger partial charge in [0.1, 0.15) is 0 Å². The summed E-state index contributed by atoms with van der Waals surface area (Å²) in [7, 11) is 0. The molecule has 0 aromatic heterocycles. The molecule has 1 aliphatic carbocycles. The lowest BCUT2D eigenvalue weighted by Gasteiger charge is -2.34. The van der Waals surface area contributed by atoms with Crippen LogP contribution in [0.2, 0.25) is 0 Å². The molecule has 0 heteroatoms. The highest BCUT2D eigenvalue weighted by Crippen LogP contribution is 2.55. The minimum atomic E-state index is -0.265. The average molecular weight is 361 g/mol. The summed E-state index contributed by atoms with van der Waals surface area (Å²) in [6, 6.07) is 38.1. The van der Waals surface area contributed by atoms with Crippen LogP contribution in [0.5, 0.6) is 0 Å². The van der Waals surface area contributed by atoms with Gasteiger partial charge < -0.3 is 0 Å². The van der Waals surface area contributed by atoms with Gasteiger partial charge in [0.2, 0.25) is 0 Å². The molecule has 4 aromatic carbocycles. The number of fused-ring (bicyclic) bond motifs is 3. The molecule has 0 nitrogen and oxygen atoms in total. The van der Waals surface area contributed by atoms with E-state index in [1.165, 1.54) is 45.4 Å². The molecular formula is C28H24. The first-order valence-corrected chi connectivity index (χ1v) is 10.2. The molecule has 0 N–H and O–H groups in total. The van der Waals surface area contributed by atoms with Crippen LogP contribution in [-0.2, 0) is 11.8 Å². The fourth-order valence-electron chi connectivity index (χ4n) is 4.92. The van der Waals surface area contributed by atoms with Crippen LogP contribution in [0.1, 0.15) is 41.2 Å². The molecule has 0 fully saturated rings. The molecule has 0 spiro atoms. The zero-order chi connectivity index (χ0) is 19.0. The number of hydrogen-bond acceptors (Lipinski definition) is 0. The lowest BCUT2D eigenvalue weighted by Crippen LogP contribution is -2.28. The van der Waals surface area contributed by atoms with Gasteiger partial charge >= 0.3 is 0 Å². The molecule has 0 amide bonds. The Morgan fingerprint density at radius 1 is 0.536 bits per heavy atom. The minimum Gasteiger partial charge on any atom is -0.0651 e. The van der Waals surface area contributed by atoms with E-state index in [1.54, 1.807) is 0 Å². The molecule has 0 aliphatic heterocycles. The summed E-state index contributed by atoms with van der Waals surface area (Å²) in [4.78, 5) is 0. The van der Waals surface area contributed by atoms with Crippen molar-refractivity contribution in [1.82, 2.24) is 0 Å². The maximum atomic E-state index is 2.34. The maximum absolute atomic E-state index is 2.34. The fraction of sp³-hybridized carbons (Fsp3) is 0.143. The van der Waals surface area contributed by atoms with Gasteiger partial charge in [-0.05, 0) is 45.4 Å². The summed E-state index contributed by atoms with van der Waals surface area (Å²) in [5, 5.41) is 0. The van der Waals surface area contributed by atoms with E-state index in [2.05, 4.69) is 110 Å². The Hall–Kier alpha value is -3.12. The number of hydrogen-bond donors (Lipinski definition) is 0. The number of aryl methyl sites for hydroxylation is 1. The van der Waals surface area contributed by atoms with Crippen molar-refractivity contribution >= 4 is 0 Å². The number of benzene rings is 4. The fourth-order valence-corrected chi connectivity index (χ4v) is 4.92. The van der Waals surface area contributed by atoms with Gasteiger partial charge in [-0.25, -0.2) is 0 Å². The molecule has 1 aliphatic rings. The molecular weight excluding hydrogens is 336 g/mol. The molecule has 0 unspecified atom stereocenters. The van der Waals surface area contributed by atoms with Crippen molar-refractivity contribution in [3.63, 3.8) is 0 Å². The van der Waals surface area contributed by atoms with E-state index in [4.69, 9.17) is 0 Å². The van der Waals surface area contributed by atoms with Crippen molar-refractivity contribution in [2.75, 3.05) is 0 Å². The number of rotatable bonds is 4. The molecule has 28 heavy (non-hydrogen) atoms. The summed E-state index contributed by atoms with van der Waals surface area (Å²) in [5.41, 5.74) is 9.27. The van der Waals surface area contributed by atoms with Crippen molar-refractivity contribution in [2.45, 2.75) is 25.2 Å². The molecule has 5 rings (SSSR count). The highest BCUT2D eigenvalue weighted by atomic mass is 14.5. The third kappa shape index (κ3) is 2.38. The first-order valence-electron chi connectivity index (χ1n) is 10.2. The SMILES string of the molecule is CCCc1ccc(C2(c3ccccc3)c3ccccc3-c3ccccc32)cc1. The van der Waals surface area contributed by atoms with Gasteiger partial charge in [-0.3, -0.25) is 0 Å². The lowest BCUT2D eigenvalue weighted by molar-refractivity contribution is 0.767. The van der Waals surface area contributed by atoms with Crippen LogP contribution in [0.15, 0.2) is 103 Å². The van der Waals surface area contributed by atoms with Gasteiger partial charge in [-0.1, -0.05) is 116 Å². The zero-order valence-electron chi connectivity index (χ0n) is 16.2. The second-order valence-electron chi connectivity index (χ2n) is 7.65. The minimum absolute atomic E-state index is 0.265. The van der Waals surface area contributed by atoms with Crippen LogP contribution >= 0.6 is 0 Å². The molecule has 136 valence electrons. The monoisotopic (exact) mass is 360 g/mol. The second-order valence-corrected chi connectivity index (χ2v) is 7.65. The molecule has 0 saturated heterocycles. The maximum Gasteiger partial charge on any atom is 0.0713 e. The first-order chi connectivity index (χ1) is 13.9. The normalized spacial score (nSPS) is 13.8. The molecule has 0 saturated carbocycles. The summed E-state index contributed by atoms with van der Waals surface area (Å²) >= 11 is 0. The van der Waals surface area contributed by atoms with E-state index in [0.717, 1.165) is 6.42 Å². The van der Waals surface area contributed by atoms with E-state index in [9.17, 15) is 0 Å². The topological polar surface area (TPSA) is 0 Å². The molecule has 0 heterocycles. The van der Waals surface area contributed by atoms with E-state index < -0.39 is 0 Å². The van der Waals surface area contributed by atoms with Crippen molar-refractivity contribution in [3.8, 4) is 11.1 Å². The average Bonchev–Trinajstić information content (AvgIpc) is 3.07. The predicted octanol–water partition coefficient (Wildman–Crippen LogP) is 7.00. The van der Waals surface area contributed by atoms with Gasteiger partial charge in [-0.15, -0.1) is 0 Å². The van der Waals surface area contributed by atoms with E-state index in [-0.39, 0.29) is 5.41 Å². The summed E-state index contributed by atoms with van der Waals surface area (Å²) in [5.74, 6) is 0. The van der Waals surface area contributed by atoms with Gasteiger partial charge in [0.05, 0.1) is 5.41 Å². The molecule has 0 bridgehead atoms. The highest BCUT2D eigenvalue weighted by molar-refractivity contribution is 5.86. The van der Waals surface area contributed by atoms with Crippen molar-refractivity contribution in [1.29, 1.82) is 0 Å². The Kier molecular flexibility index (Phi) is 4.13. The summed E-state index contributed by atoms with van der Waals surface area (Å²) in [6.07, 6.45) is 2.31. The Morgan fingerprint density at radius 2 is 1.04 bits per heavy atom. The summed E-state index contributed by atoms with van der Waals surface area (Å²) < 4.78 is 0. The Labute approximate surface area is 167 Å². The Morgan fingerprint density at radius 3 is 1.61 bits per heavy atom. The molecule has 4 aromatic rings. The van der Waals surface area contributed by atoms with Gasteiger partial charge in [0.15, 0.2) is 0 Å². The van der Waals surface area contributed by atoms with Gasteiger partial charge in [0.25, 0.3) is 0 Å². The lowest BCUT2D eigenvalue weighted by atomic mass is 9.67. The van der Waals surface area contributed by atoms with Crippen LogP contribution in [0, 0.1) is 0 Å². The second kappa shape index (κ2) is 6.80. The van der Waals surface area contributed by atoms with Gasteiger partial charge in [0, 0.05) is 0 Å². The highest BCUT2D eigenvalue weighted by Gasteiger charge is 2.45. The predicted molar refractivity (Wildman–Crippen MR) is 118 cm³/mol. The Bertz CT molecular complexity index is 1060. The van der Waals surface area contributed by atoms with E-state index >= 15 is 0 Å². The van der Waals surface area contributed by atoms with Crippen molar-refractivity contribution < 1.29 is 0 Å². The molecule has 0 radical (unpaired) electrons. The third-order valence-electron chi connectivity index (χ3n) is 6.08. The standard InChI is InChI=1S/C28H24/c1-2-10-21-17-19-23(20-18-21)28(22-11-4-3-5-12-22)26-15-8-6-13-24(26)25-14-7-9-16-27(25)28/h3-9,11-20H,2,10H2,1H3. The van der Waals surface area contributed by atoms with Crippen LogP contribution in [0.3, 0.4) is 0 Å². The zero-order valence-corrected chi connectivity index (χ0v) is 16.2. The van der Waals surface area contributed by atoms with Crippen LogP contribution in [-0.4, -0.2) is 0 Å². The Balaban J connectivity index is 1.86. The largest absolute Gasteiger partial charge is 0.0713 e. The third-order valence-corrected chi connectivity index (χ3v) is 6.08. The first kappa shape index (κ1) is 17.0. The van der Waals surface area contributed by atoms with Gasteiger partial charge in [-0.2, -0.15) is 0 Å². The van der Waals surface area contributed by atoms with Crippen LogP contribution in [0.4, 0.5) is 0 Å². The van der Waals surface area contributed by atoms with E-state index in [0.29, 0.717) is 0 Å². The van der Waals surface area contributed by atoms with Crippen LogP contribution < -0.4 is 0 Å². The smallest absolute Gasteiger partial charge is 0.0651 e. The van der Waals surface area contributed by atoms with Crippen molar-refractivity contribution in [3.05, 3.63) is 131 Å². The quantitative estimate of drug-likeness (QED) is 0.323. The van der Waals surface area contributed by atoms with Crippen LogP contribution in [0.25, 0.3) is 11.1 Å². The van der Waals surface area contributed by atoms with E-state index in [1.807, 2.05) is 0 Å². The molecule has 0 atom stereocenters.